The van der Waals surface area contributed by atoms with Crippen molar-refractivity contribution in [2.24, 2.45) is 11.7 Å². The van der Waals surface area contributed by atoms with Crippen LogP contribution in [0.1, 0.15) is 24.2 Å². The lowest BCUT2D eigenvalue weighted by Crippen LogP contribution is -2.36. The molecule has 0 aromatic carbocycles. The Kier molecular flexibility index (Phi) is 3.19. The molecule has 0 aliphatic rings. The maximum atomic E-state index is 11.8. The summed E-state index contributed by atoms with van der Waals surface area (Å²) in [6.45, 7) is 3.80. The van der Waals surface area contributed by atoms with Crippen molar-refractivity contribution in [1.29, 1.82) is 0 Å². The molecule has 1 aromatic heterocycles. The van der Waals surface area contributed by atoms with Crippen molar-refractivity contribution in [3.63, 3.8) is 0 Å². The molecule has 1 atom stereocenters. The number of carbonyl (C=O) groups is 1. The lowest BCUT2D eigenvalue weighted by Gasteiger charge is -2.14. The molecule has 1 unspecified atom stereocenters. The summed E-state index contributed by atoms with van der Waals surface area (Å²) < 4.78 is 0. The van der Waals surface area contributed by atoms with Gasteiger partial charge in [0.15, 0.2) is 5.78 Å². The van der Waals surface area contributed by atoms with E-state index in [1.54, 1.807) is 18.3 Å². The molecule has 0 fully saturated rings. The van der Waals surface area contributed by atoms with E-state index >= 15 is 0 Å². The normalized spacial score (nSPS) is 12.9. The van der Waals surface area contributed by atoms with E-state index in [2.05, 4.69) is 4.98 Å². The molecule has 0 radical (unpaired) electrons. The van der Waals surface area contributed by atoms with Gasteiger partial charge < -0.3 is 11.5 Å². The molecule has 0 saturated carbocycles. The van der Waals surface area contributed by atoms with Crippen LogP contribution < -0.4 is 11.5 Å². The number of aromatic nitrogens is 1. The SMILES string of the molecule is CC(C)C(N)C(=O)c1cccnc1N. The zero-order chi connectivity index (χ0) is 10.7. The summed E-state index contributed by atoms with van der Waals surface area (Å²) >= 11 is 0. The monoisotopic (exact) mass is 193 g/mol. The van der Waals surface area contributed by atoms with Gasteiger partial charge in [0, 0.05) is 6.20 Å². The highest BCUT2D eigenvalue weighted by atomic mass is 16.1. The Labute approximate surface area is 83.3 Å². The van der Waals surface area contributed by atoms with Gasteiger partial charge in [-0.05, 0) is 18.1 Å². The van der Waals surface area contributed by atoms with Crippen LogP contribution in [0.15, 0.2) is 18.3 Å². The van der Waals surface area contributed by atoms with Crippen molar-refractivity contribution in [2.45, 2.75) is 19.9 Å². The topological polar surface area (TPSA) is 82.0 Å². The summed E-state index contributed by atoms with van der Waals surface area (Å²) in [5.74, 6) is 0.196. The second kappa shape index (κ2) is 4.19. The van der Waals surface area contributed by atoms with Crippen LogP contribution in [0, 0.1) is 5.92 Å². The molecule has 1 aromatic rings. The second-order valence-electron chi connectivity index (χ2n) is 3.57. The van der Waals surface area contributed by atoms with Crippen LogP contribution in [0.2, 0.25) is 0 Å². The largest absolute Gasteiger partial charge is 0.383 e. The molecule has 14 heavy (non-hydrogen) atoms. The first kappa shape index (κ1) is 10.7. The lowest BCUT2D eigenvalue weighted by molar-refractivity contribution is 0.0941. The number of nitrogens with zero attached hydrogens (tertiary/aromatic N) is 1. The van der Waals surface area contributed by atoms with Crippen LogP contribution in [-0.4, -0.2) is 16.8 Å². The van der Waals surface area contributed by atoms with Gasteiger partial charge in [0.05, 0.1) is 11.6 Å². The molecule has 0 amide bonds. The van der Waals surface area contributed by atoms with Crippen molar-refractivity contribution >= 4 is 11.6 Å². The molecular weight excluding hydrogens is 178 g/mol. The smallest absolute Gasteiger partial charge is 0.183 e. The predicted octanol–water partition coefficient (Wildman–Crippen LogP) is 0.830. The van der Waals surface area contributed by atoms with Crippen LogP contribution in [0.25, 0.3) is 0 Å². The predicted molar refractivity (Wildman–Crippen MR) is 55.8 cm³/mol. The van der Waals surface area contributed by atoms with Crippen LogP contribution in [0.4, 0.5) is 5.82 Å². The van der Waals surface area contributed by atoms with E-state index in [1.807, 2.05) is 13.8 Å². The number of ketones is 1. The van der Waals surface area contributed by atoms with Gasteiger partial charge in [0.1, 0.15) is 5.82 Å². The number of hydrogen-bond acceptors (Lipinski definition) is 4. The Morgan fingerprint density at radius 1 is 1.50 bits per heavy atom. The average Bonchev–Trinajstić information content (AvgIpc) is 2.16. The van der Waals surface area contributed by atoms with Crippen molar-refractivity contribution in [3.8, 4) is 0 Å². The molecule has 0 bridgehead atoms. The first-order chi connectivity index (χ1) is 6.54. The van der Waals surface area contributed by atoms with Gasteiger partial charge in [-0.3, -0.25) is 4.79 Å². The first-order valence-corrected chi connectivity index (χ1v) is 4.54. The highest BCUT2D eigenvalue weighted by molar-refractivity contribution is 6.03. The van der Waals surface area contributed by atoms with E-state index in [4.69, 9.17) is 11.5 Å². The van der Waals surface area contributed by atoms with Crippen LogP contribution >= 0.6 is 0 Å². The van der Waals surface area contributed by atoms with E-state index in [0.29, 0.717) is 5.56 Å². The van der Waals surface area contributed by atoms with E-state index in [-0.39, 0.29) is 17.5 Å². The summed E-state index contributed by atoms with van der Waals surface area (Å²) in [4.78, 5) is 15.6. The zero-order valence-corrected chi connectivity index (χ0v) is 8.40. The van der Waals surface area contributed by atoms with Crippen molar-refractivity contribution in [1.82, 2.24) is 4.98 Å². The Morgan fingerprint density at radius 2 is 2.14 bits per heavy atom. The van der Waals surface area contributed by atoms with E-state index in [9.17, 15) is 4.79 Å². The number of rotatable bonds is 3. The number of nitrogens with two attached hydrogens (primary N) is 2. The van der Waals surface area contributed by atoms with Gasteiger partial charge in [-0.2, -0.15) is 0 Å². The molecule has 76 valence electrons. The zero-order valence-electron chi connectivity index (χ0n) is 8.40. The summed E-state index contributed by atoms with van der Waals surface area (Å²) in [5, 5.41) is 0. The Hall–Kier alpha value is -1.42. The van der Waals surface area contributed by atoms with Gasteiger partial charge >= 0.3 is 0 Å². The first-order valence-electron chi connectivity index (χ1n) is 4.54. The second-order valence-corrected chi connectivity index (χ2v) is 3.57. The molecule has 4 nitrogen and oxygen atoms in total. The van der Waals surface area contributed by atoms with Gasteiger partial charge in [-0.1, -0.05) is 13.8 Å². The average molecular weight is 193 g/mol. The van der Waals surface area contributed by atoms with Gasteiger partial charge in [0.2, 0.25) is 0 Å². The third kappa shape index (κ3) is 2.09. The number of anilines is 1. The minimum absolute atomic E-state index is 0.0992. The Bertz CT molecular complexity index is 336. The minimum Gasteiger partial charge on any atom is -0.383 e. The van der Waals surface area contributed by atoms with E-state index in [0.717, 1.165) is 0 Å². The number of carbonyl (C=O) groups excluding carboxylic acids is 1. The fourth-order valence-electron chi connectivity index (χ4n) is 1.11. The number of Topliss-reactive ketones (excluding diaryl/α,β-unsaturated/α-hetero) is 1. The Morgan fingerprint density at radius 3 is 2.64 bits per heavy atom. The summed E-state index contributed by atoms with van der Waals surface area (Å²) in [7, 11) is 0. The molecule has 0 spiro atoms. The molecule has 0 aliphatic heterocycles. The number of pyridine rings is 1. The minimum atomic E-state index is -0.513. The fraction of sp³-hybridized carbons (Fsp3) is 0.400. The summed E-state index contributed by atoms with van der Waals surface area (Å²) in [6, 6.07) is 2.81. The van der Waals surface area contributed by atoms with E-state index < -0.39 is 6.04 Å². The Balaban J connectivity index is 2.95. The highest BCUT2D eigenvalue weighted by Gasteiger charge is 2.20. The van der Waals surface area contributed by atoms with Crippen LogP contribution in [0.3, 0.4) is 0 Å². The summed E-state index contributed by atoms with van der Waals surface area (Å²) in [6.07, 6.45) is 1.55. The standard InChI is InChI=1S/C10H15N3O/c1-6(2)8(11)9(14)7-4-3-5-13-10(7)12/h3-6,8H,11H2,1-2H3,(H2,12,13). The maximum absolute atomic E-state index is 11.8. The van der Waals surface area contributed by atoms with Gasteiger partial charge in [-0.15, -0.1) is 0 Å². The molecule has 0 saturated heterocycles. The molecule has 0 aliphatic carbocycles. The molecule has 1 heterocycles. The molecule has 4 N–H and O–H groups in total. The highest BCUT2D eigenvalue weighted by Crippen LogP contribution is 2.12. The van der Waals surface area contributed by atoms with Crippen molar-refractivity contribution in [2.75, 3.05) is 5.73 Å². The van der Waals surface area contributed by atoms with Crippen LogP contribution in [0.5, 0.6) is 0 Å². The maximum Gasteiger partial charge on any atom is 0.183 e. The van der Waals surface area contributed by atoms with Gasteiger partial charge in [-0.25, -0.2) is 4.98 Å². The molecule has 1 rings (SSSR count). The molecule has 4 heteroatoms. The van der Waals surface area contributed by atoms with Gasteiger partial charge in [0.25, 0.3) is 0 Å². The van der Waals surface area contributed by atoms with Crippen molar-refractivity contribution < 1.29 is 4.79 Å². The number of hydrogen-bond donors (Lipinski definition) is 2. The lowest BCUT2D eigenvalue weighted by atomic mass is 9.96. The number of nitrogen functional groups attached to an aromatic ring is 1. The van der Waals surface area contributed by atoms with Crippen LogP contribution in [-0.2, 0) is 0 Å². The third-order valence-corrected chi connectivity index (χ3v) is 2.12. The molecular formula is C10H15N3O. The van der Waals surface area contributed by atoms with Crippen molar-refractivity contribution in [3.05, 3.63) is 23.9 Å². The quantitative estimate of drug-likeness (QED) is 0.696. The summed E-state index contributed by atoms with van der Waals surface area (Å²) in [5.41, 5.74) is 11.7. The fourth-order valence-corrected chi connectivity index (χ4v) is 1.11. The third-order valence-electron chi connectivity index (χ3n) is 2.12. The van der Waals surface area contributed by atoms with E-state index in [1.165, 1.54) is 0 Å².